The molecule has 4 rings (SSSR count). The highest BCUT2D eigenvalue weighted by molar-refractivity contribution is 7.98. The summed E-state index contributed by atoms with van der Waals surface area (Å²) in [7, 11) is 0. The number of carbonyl (C=O) groups is 2. The molecule has 1 heterocycles. The second-order valence-corrected chi connectivity index (χ2v) is 12.6. The van der Waals surface area contributed by atoms with E-state index in [9.17, 15) is 9.59 Å². The van der Waals surface area contributed by atoms with E-state index in [1.165, 1.54) is 5.56 Å². The summed E-state index contributed by atoms with van der Waals surface area (Å²) in [5.41, 5.74) is 16.0. The van der Waals surface area contributed by atoms with Crippen LogP contribution in [0.3, 0.4) is 0 Å². The molecule has 4 N–H and O–H groups in total. The van der Waals surface area contributed by atoms with Crippen molar-refractivity contribution in [3.8, 4) is 11.5 Å². The van der Waals surface area contributed by atoms with Gasteiger partial charge in [0.05, 0.1) is 11.6 Å². The standard InChI is InChI=1S/C29H38N2O5S2/c1-16-15-34-24-18-8-9-19-17(7-6-12-29(19,2)3)23(18)26(36-28(33)21(31)11-14-38-5)25(22(16)24)35-27(32)20(30)10-13-37-4/h8-9,15,20-21H,6-7,10-14,30-31H2,1-5H3. The molecule has 2 atom stereocenters. The first-order valence-electron chi connectivity index (χ1n) is 13.0. The zero-order chi connectivity index (χ0) is 27.6. The van der Waals surface area contributed by atoms with Crippen LogP contribution in [0, 0.1) is 6.92 Å². The van der Waals surface area contributed by atoms with Crippen molar-refractivity contribution in [3.63, 3.8) is 0 Å². The predicted molar refractivity (Wildman–Crippen MR) is 158 cm³/mol. The molecule has 1 aliphatic carbocycles. The molecule has 206 valence electrons. The van der Waals surface area contributed by atoms with Crippen molar-refractivity contribution in [3.05, 3.63) is 35.1 Å². The Morgan fingerprint density at radius 1 is 1.00 bits per heavy atom. The molecule has 7 nitrogen and oxygen atoms in total. The van der Waals surface area contributed by atoms with E-state index in [-0.39, 0.29) is 16.9 Å². The van der Waals surface area contributed by atoms with Gasteiger partial charge in [0.25, 0.3) is 0 Å². The number of furan rings is 1. The fraction of sp³-hybridized carbons (Fsp3) is 0.517. The van der Waals surface area contributed by atoms with Crippen LogP contribution in [0.4, 0.5) is 0 Å². The van der Waals surface area contributed by atoms with E-state index in [2.05, 4.69) is 19.9 Å². The van der Waals surface area contributed by atoms with Gasteiger partial charge in [-0.05, 0) is 85.2 Å². The van der Waals surface area contributed by atoms with Gasteiger partial charge in [0.2, 0.25) is 0 Å². The summed E-state index contributed by atoms with van der Waals surface area (Å²) in [4.78, 5) is 26.5. The topological polar surface area (TPSA) is 118 Å². The van der Waals surface area contributed by atoms with Gasteiger partial charge in [0.1, 0.15) is 17.7 Å². The maximum absolute atomic E-state index is 13.3. The maximum atomic E-state index is 13.3. The highest BCUT2D eigenvalue weighted by Crippen LogP contribution is 2.50. The molecule has 2 unspecified atom stereocenters. The molecule has 3 aromatic rings. The van der Waals surface area contributed by atoms with Crippen LogP contribution >= 0.6 is 23.5 Å². The van der Waals surface area contributed by atoms with Crippen molar-refractivity contribution in [2.24, 2.45) is 11.5 Å². The number of hydrogen-bond donors (Lipinski definition) is 2. The summed E-state index contributed by atoms with van der Waals surface area (Å²) in [5.74, 6) is 0.717. The van der Waals surface area contributed by atoms with E-state index in [1.54, 1.807) is 29.8 Å². The normalized spacial score (nSPS) is 16.3. The predicted octanol–water partition coefficient (Wildman–Crippen LogP) is 5.48. The number of nitrogens with two attached hydrogens (primary N) is 2. The number of fused-ring (bicyclic) bond motifs is 5. The van der Waals surface area contributed by atoms with Crippen LogP contribution in [-0.4, -0.2) is 48.0 Å². The Kier molecular flexibility index (Phi) is 9.02. The molecule has 0 fully saturated rings. The lowest BCUT2D eigenvalue weighted by atomic mass is 9.71. The van der Waals surface area contributed by atoms with Gasteiger partial charge in [-0.3, -0.25) is 0 Å². The lowest BCUT2D eigenvalue weighted by molar-refractivity contribution is -0.138. The number of thioether (sulfide) groups is 2. The minimum atomic E-state index is -0.809. The minimum absolute atomic E-state index is 0.0527. The Bertz CT molecular complexity index is 1350. The second kappa shape index (κ2) is 11.9. The number of aryl methyl sites for hydroxylation is 2. The molecule has 0 bridgehead atoms. The fourth-order valence-corrected chi connectivity index (χ4v) is 6.24. The Morgan fingerprint density at radius 2 is 1.58 bits per heavy atom. The lowest BCUT2D eigenvalue weighted by Gasteiger charge is -2.34. The van der Waals surface area contributed by atoms with Crippen molar-refractivity contribution in [2.45, 2.75) is 70.4 Å². The first-order chi connectivity index (χ1) is 18.1. The van der Waals surface area contributed by atoms with Crippen molar-refractivity contribution in [2.75, 3.05) is 24.0 Å². The van der Waals surface area contributed by atoms with Gasteiger partial charge < -0.3 is 25.4 Å². The van der Waals surface area contributed by atoms with Gasteiger partial charge in [-0.25, -0.2) is 9.59 Å². The van der Waals surface area contributed by atoms with E-state index in [4.69, 9.17) is 25.4 Å². The van der Waals surface area contributed by atoms with Crippen LogP contribution in [0.25, 0.3) is 21.7 Å². The number of benzene rings is 2. The zero-order valence-corrected chi connectivity index (χ0v) is 24.5. The summed E-state index contributed by atoms with van der Waals surface area (Å²) >= 11 is 3.23. The van der Waals surface area contributed by atoms with Crippen LogP contribution in [0.1, 0.15) is 56.2 Å². The lowest BCUT2D eigenvalue weighted by Crippen LogP contribution is -2.36. The third kappa shape index (κ3) is 5.57. The minimum Gasteiger partial charge on any atom is -0.463 e. The molecule has 0 radical (unpaired) electrons. The number of ether oxygens (including phenoxy) is 2. The highest BCUT2D eigenvalue weighted by atomic mass is 32.2. The largest absolute Gasteiger partial charge is 0.463 e. The van der Waals surface area contributed by atoms with Crippen LogP contribution in [0.2, 0.25) is 0 Å². The van der Waals surface area contributed by atoms with Gasteiger partial charge in [-0.1, -0.05) is 26.0 Å². The van der Waals surface area contributed by atoms with E-state index < -0.39 is 24.0 Å². The van der Waals surface area contributed by atoms with Crippen LogP contribution in [0.15, 0.2) is 22.8 Å². The Hall–Kier alpha value is -2.20. The Morgan fingerprint density at radius 3 is 2.16 bits per heavy atom. The molecule has 0 amide bonds. The molecule has 0 aliphatic heterocycles. The van der Waals surface area contributed by atoms with E-state index in [1.807, 2.05) is 25.5 Å². The third-order valence-electron chi connectivity index (χ3n) is 7.43. The Labute approximate surface area is 232 Å². The summed E-state index contributed by atoms with van der Waals surface area (Å²) in [6.45, 7) is 6.32. The molecule has 9 heteroatoms. The van der Waals surface area contributed by atoms with E-state index >= 15 is 0 Å². The van der Waals surface area contributed by atoms with Crippen LogP contribution in [0.5, 0.6) is 11.5 Å². The van der Waals surface area contributed by atoms with Gasteiger partial charge in [0, 0.05) is 10.8 Å². The van der Waals surface area contributed by atoms with Gasteiger partial charge in [-0.15, -0.1) is 0 Å². The molecule has 38 heavy (non-hydrogen) atoms. The average molecular weight is 559 g/mol. The fourth-order valence-electron chi connectivity index (χ4n) is 5.26. The molecule has 0 saturated carbocycles. The number of rotatable bonds is 10. The Balaban J connectivity index is 1.98. The molecule has 1 aliphatic rings. The highest BCUT2D eigenvalue weighted by Gasteiger charge is 2.34. The van der Waals surface area contributed by atoms with Crippen molar-refractivity contribution in [1.82, 2.24) is 0 Å². The summed E-state index contributed by atoms with van der Waals surface area (Å²) < 4.78 is 18.1. The summed E-state index contributed by atoms with van der Waals surface area (Å²) in [6.07, 6.45) is 9.36. The third-order valence-corrected chi connectivity index (χ3v) is 8.72. The number of esters is 2. The first kappa shape index (κ1) is 28.8. The van der Waals surface area contributed by atoms with Crippen molar-refractivity contribution in [1.29, 1.82) is 0 Å². The monoisotopic (exact) mass is 558 g/mol. The van der Waals surface area contributed by atoms with Gasteiger partial charge >= 0.3 is 11.9 Å². The van der Waals surface area contributed by atoms with Crippen molar-refractivity contribution < 1.29 is 23.5 Å². The molecule has 0 saturated heterocycles. The zero-order valence-electron chi connectivity index (χ0n) is 22.8. The summed E-state index contributed by atoms with van der Waals surface area (Å²) in [5, 5.41) is 2.15. The SMILES string of the molecule is CSCCC(N)C(=O)Oc1c(OC(=O)C(N)CCSC)c2c(C)coc2c2ccc3c(c12)CCCC3(C)C. The van der Waals surface area contributed by atoms with Crippen molar-refractivity contribution >= 4 is 57.2 Å². The molecule has 0 spiro atoms. The number of hydrogen-bond acceptors (Lipinski definition) is 9. The maximum Gasteiger partial charge on any atom is 0.328 e. The summed E-state index contributed by atoms with van der Waals surface area (Å²) in [6, 6.07) is 2.56. The quantitative estimate of drug-likeness (QED) is 0.246. The molecular formula is C29H38N2O5S2. The average Bonchev–Trinajstić information content (AvgIpc) is 3.28. The molecule has 2 aromatic carbocycles. The smallest absolute Gasteiger partial charge is 0.328 e. The molecule has 1 aromatic heterocycles. The van der Waals surface area contributed by atoms with Crippen LogP contribution in [-0.2, 0) is 21.4 Å². The van der Waals surface area contributed by atoms with E-state index in [0.29, 0.717) is 23.8 Å². The number of carbonyl (C=O) groups excluding carboxylic acids is 2. The second-order valence-electron chi connectivity index (χ2n) is 10.7. The van der Waals surface area contributed by atoms with Gasteiger partial charge in [0.15, 0.2) is 11.5 Å². The van der Waals surface area contributed by atoms with E-state index in [0.717, 1.165) is 52.7 Å². The first-order valence-corrected chi connectivity index (χ1v) is 15.8. The van der Waals surface area contributed by atoms with Gasteiger partial charge in [-0.2, -0.15) is 23.5 Å². The molecular weight excluding hydrogens is 520 g/mol. The van der Waals surface area contributed by atoms with Crippen LogP contribution < -0.4 is 20.9 Å².